The molecule has 0 fully saturated rings. The van der Waals surface area contributed by atoms with Crippen molar-refractivity contribution in [2.75, 3.05) is 0 Å². The quantitative estimate of drug-likeness (QED) is 0.879. The highest BCUT2D eigenvalue weighted by Gasteiger charge is 2.14. The summed E-state index contributed by atoms with van der Waals surface area (Å²) in [5.74, 6) is -0.0551. The highest BCUT2D eigenvalue weighted by molar-refractivity contribution is 6.30. The van der Waals surface area contributed by atoms with Crippen molar-refractivity contribution in [3.63, 3.8) is 0 Å². The first kappa shape index (κ1) is 14.6. The molecule has 0 radical (unpaired) electrons. The second-order valence-electron chi connectivity index (χ2n) is 4.86. The lowest BCUT2D eigenvalue weighted by molar-refractivity contribution is 0.0935. The normalized spacial score (nSPS) is 11.9. The van der Waals surface area contributed by atoms with E-state index in [1.165, 1.54) is 0 Å². The van der Waals surface area contributed by atoms with Crippen molar-refractivity contribution in [1.82, 2.24) is 5.32 Å². The summed E-state index contributed by atoms with van der Waals surface area (Å²) in [6.07, 6.45) is 0.817. The summed E-state index contributed by atoms with van der Waals surface area (Å²) in [6.45, 7) is 4.02. The van der Waals surface area contributed by atoms with Gasteiger partial charge in [-0.3, -0.25) is 4.79 Å². The molecular weight excluding hydrogens is 270 g/mol. The lowest BCUT2D eigenvalue weighted by Gasteiger charge is -2.18. The first-order chi connectivity index (χ1) is 9.60. The van der Waals surface area contributed by atoms with E-state index in [1.54, 1.807) is 0 Å². The molecule has 20 heavy (non-hydrogen) atoms. The van der Waals surface area contributed by atoms with Gasteiger partial charge in [0.2, 0.25) is 0 Å². The summed E-state index contributed by atoms with van der Waals surface area (Å²) in [7, 11) is 0. The summed E-state index contributed by atoms with van der Waals surface area (Å²) in [5, 5.41) is 3.74. The maximum Gasteiger partial charge on any atom is 0.251 e. The number of benzene rings is 2. The van der Waals surface area contributed by atoms with Crippen LogP contribution in [0.3, 0.4) is 0 Å². The minimum Gasteiger partial charge on any atom is -0.345 e. The molecule has 0 aromatic heterocycles. The zero-order chi connectivity index (χ0) is 14.5. The average molecular weight is 288 g/mol. The van der Waals surface area contributed by atoms with Crippen LogP contribution in [-0.4, -0.2) is 5.91 Å². The van der Waals surface area contributed by atoms with E-state index in [9.17, 15) is 4.79 Å². The van der Waals surface area contributed by atoms with Crippen LogP contribution in [0, 0.1) is 6.92 Å². The van der Waals surface area contributed by atoms with Crippen LogP contribution in [0.5, 0.6) is 0 Å². The zero-order valence-electron chi connectivity index (χ0n) is 11.7. The molecule has 3 heteroatoms. The standard InChI is InChI=1S/C17H18ClNO/c1-3-16(13-7-5-9-15(18)11-13)19-17(20)14-8-4-6-12(2)10-14/h4-11,16H,3H2,1-2H3,(H,19,20). The molecule has 0 saturated heterocycles. The van der Waals surface area contributed by atoms with Gasteiger partial charge in [-0.05, 0) is 43.2 Å². The van der Waals surface area contributed by atoms with E-state index in [1.807, 2.05) is 62.4 Å². The SMILES string of the molecule is CCC(NC(=O)c1cccc(C)c1)c1cccc(Cl)c1. The maximum absolute atomic E-state index is 12.3. The second-order valence-corrected chi connectivity index (χ2v) is 5.30. The predicted octanol–water partition coefficient (Wildman–Crippen LogP) is 4.53. The monoisotopic (exact) mass is 287 g/mol. The van der Waals surface area contributed by atoms with Crippen LogP contribution in [0.2, 0.25) is 5.02 Å². The molecule has 2 rings (SSSR count). The number of hydrogen-bond donors (Lipinski definition) is 1. The van der Waals surface area contributed by atoms with Gasteiger partial charge < -0.3 is 5.32 Å². The Kier molecular flexibility index (Phi) is 4.80. The summed E-state index contributed by atoms with van der Waals surface area (Å²) < 4.78 is 0. The molecule has 0 bridgehead atoms. The van der Waals surface area contributed by atoms with Gasteiger partial charge in [-0.25, -0.2) is 0 Å². The number of nitrogens with one attached hydrogen (secondary N) is 1. The van der Waals surface area contributed by atoms with Crippen molar-refractivity contribution in [3.05, 3.63) is 70.2 Å². The molecule has 0 aliphatic carbocycles. The van der Waals surface area contributed by atoms with Crippen molar-refractivity contribution in [3.8, 4) is 0 Å². The van der Waals surface area contributed by atoms with Crippen molar-refractivity contribution >= 4 is 17.5 Å². The molecule has 0 aliphatic heterocycles. The topological polar surface area (TPSA) is 29.1 Å². The third-order valence-electron chi connectivity index (χ3n) is 3.24. The zero-order valence-corrected chi connectivity index (χ0v) is 12.4. The number of hydrogen-bond acceptors (Lipinski definition) is 1. The molecule has 2 aromatic rings. The molecule has 1 N–H and O–H groups in total. The van der Waals surface area contributed by atoms with E-state index in [4.69, 9.17) is 11.6 Å². The first-order valence-electron chi connectivity index (χ1n) is 6.73. The maximum atomic E-state index is 12.3. The molecule has 0 aliphatic rings. The van der Waals surface area contributed by atoms with Crippen molar-refractivity contribution in [2.24, 2.45) is 0 Å². The van der Waals surface area contributed by atoms with Gasteiger partial charge in [0.1, 0.15) is 0 Å². The van der Waals surface area contributed by atoms with Crippen molar-refractivity contribution in [2.45, 2.75) is 26.3 Å². The van der Waals surface area contributed by atoms with Gasteiger partial charge in [0.05, 0.1) is 6.04 Å². The first-order valence-corrected chi connectivity index (χ1v) is 7.11. The van der Waals surface area contributed by atoms with Crippen molar-refractivity contribution < 1.29 is 4.79 Å². The lowest BCUT2D eigenvalue weighted by Crippen LogP contribution is -2.28. The van der Waals surface area contributed by atoms with E-state index >= 15 is 0 Å². The third kappa shape index (κ3) is 3.61. The van der Waals surface area contributed by atoms with Gasteiger partial charge in [-0.15, -0.1) is 0 Å². The average Bonchev–Trinajstić information content (AvgIpc) is 2.44. The molecule has 104 valence electrons. The number of aryl methyl sites for hydroxylation is 1. The van der Waals surface area contributed by atoms with E-state index in [2.05, 4.69) is 5.32 Å². The van der Waals surface area contributed by atoms with E-state index in [0.717, 1.165) is 17.5 Å². The summed E-state index contributed by atoms with van der Waals surface area (Å²) in [5.41, 5.74) is 2.79. The molecule has 1 unspecified atom stereocenters. The second kappa shape index (κ2) is 6.58. The number of carbonyl (C=O) groups is 1. The van der Waals surface area contributed by atoms with Crippen LogP contribution >= 0.6 is 11.6 Å². The number of amides is 1. The Hall–Kier alpha value is -1.80. The summed E-state index contributed by atoms with van der Waals surface area (Å²) in [6, 6.07) is 15.2. The molecule has 2 nitrogen and oxygen atoms in total. The van der Waals surface area contributed by atoms with Crippen LogP contribution in [0.4, 0.5) is 0 Å². The fourth-order valence-corrected chi connectivity index (χ4v) is 2.37. The minimum atomic E-state index is -0.0551. The summed E-state index contributed by atoms with van der Waals surface area (Å²) in [4.78, 5) is 12.3. The Labute approximate surface area is 124 Å². The van der Waals surface area contributed by atoms with Crippen molar-refractivity contribution in [1.29, 1.82) is 0 Å². The number of rotatable bonds is 4. The minimum absolute atomic E-state index is 0.0262. The molecular formula is C17H18ClNO. The molecule has 0 heterocycles. The molecule has 2 aromatic carbocycles. The Balaban J connectivity index is 2.16. The number of halogens is 1. The highest BCUT2D eigenvalue weighted by Crippen LogP contribution is 2.20. The Morgan fingerprint density at radius 1 is 1.20 bits per heavy atom. The van der Waals surface area contributed by atoms with Gasteiger partial charge in [0, 0.05) is 10.6 Å². The summed E-state index contributed by atoms with van der Waals surface area (Å²) >= 11 is 6.01. The highest BCUT2D eigenvalue weighted by atomic mass is 35.5. The van der Waals surface area contributed by atoms with Crippen LogP contribution in [0.15, 0.2) is 48.5 Å². The third-order valence-corrected chi connectivity index (χ3v) is 3.48. The van der Waals surface area contributed by atoms with E-state index in [0.29, 0.717) is 10.6 Å². The van der Waals surface area contributed by atoms with Gasteiger partial charge in [0.15, 0.2) is 0 Å². The van der Waals surface area contributed by atoms with Gasteiger partial charge >= 0.3 is 0 Å². The van der Waals surface area contributed by atoms with Crippen LogP contribution in [0.1, 0.15) is 40.9 Å². The fourth-order valence-electron chi connectivity index (χ4n) is 2.17. The van der Waals surface area contributed by atoms with Gasteiger partial charge in [0.25, 0.3) is 5.91 Å². The molecule has 1 atom stereocenters. The number of carbonyl (C=O) groups excluding carboxylic acids is 1. The molecule has 1 amide bonds. The van der Waals surface area contributed by atoms with Gasteiger partial charge in [-0.1, -0.05) is 48.4 Å². The van der Waals surface area contributed by atoms with E-state index < -0.39 is 0 Å². The fraction of sp³-hybridized carbons (Fsp3) is 0.235. The molecule has 0 saturated carbocycles. The Morgan fingerprint density at radius 3 is 2.60 bits per heavy atom. The Morgan fingerprint density at radius 2 is 1.95 bits per heavy atom. The van der Waals surface area contributed by atoms with Crippen LogP contribution in [0.25, 0.3) is 0 Å². The predicted molar refractivity (Wildman–Crippen MR) is 83.1 cm³/mol. The van der Waals surface area contributed by atoms with Gasteiger partial charge in [-0.2, -0.15) is 0 Å². The van der Waals surface area contributed by atoms with E-state index in [-0.39, 0.29) is 11.9 Å². The molecule has 0 spiro atoms. The van der Waals surface area contributed by atoms with Crippen LogP contribution < -0.4 is 5.32 Å². The lowest BCUT2D eigenvalue weighted by atomic mass is 10.0. The Bertz CT molecular complexity index is 609. The largest absolute Gasteiger partial charge is 0.345 e. The van der Waals surface area contributed by atoms with Crippen LogP contribution in [-0.2, 0) is 0 Å². The smallest absolute Gasteiger partial charge is 0.251 e.